The van der Waals surface area contributed by atoms with Gasteiger partial charge in [-0.3, -0.25) is 14.3 Å². The number of rotatable bonds is 5. The van der Waals surface area contributed by atoms with E-state index in [2.05, 4.69) is 46.8 Å². The van der Waals surface area contributed by atoms with Crippen molar-refractivity contribution in [2.24, 2.45) is 0 Å². The van der Waals surface area contributed by atoms with Crippen molar-refractivity contribution in [2.45, 2.75) is 20.8 Å². The van der Waals surface area contributed by atoms with Gasteiger partial charge in [-0.15, -0.1) is 0 Å². The van der Waals surface area contributed by atoms with Crippen LogP contribution in [0.1, 0.15) is 27.3 Å². The average Bonchev–Trinajstić information content (AvgIpc) is 3.02. The minimum Gasteiger partial charge on any atom is -0.379 e. The van der Waals surface area contributed by atoms with Gasteiger partial charge in [-0.2, -0.15) is 0 Å². The molecular formula is C23H28N4O2. The van der Waals surface area contributed by atoms with Gasteiger partial charge in [0.2, 0.25) is 0 Å². The van der Waals surface area contributed by atoms with Crippen LogP contribution in [0.3, 0.4) is 0 Å². The maximum atomic E-state index is 12.6. The molecule has 0 radical (unpaired) electrons. The molecule has 1 aliphatic heterocycles. The van der Waals surface area contributed by atoms with E-state index in [1.807, 2.05) is 25.1 Å². The Morgan fingerprint density at radius 1 is 1.07 bits per heavy atom. The van der Waals surface area contributed by atoms with Gasteiger partial charge in [0.05, 0.1) is 24.2 Å². The van der Waals surface area contributed by atoms with E-state index >= 15 is 0 Å². The Bertz CT molecular complexity index is 1010. The Labute approximate surface area is 171 Å². The van der Waals surface area contributed by atoms with E-state index in [1.165, 1.54) is 11.1 Å². The SMILES string of the molecule is Cc1cc(C)cc(-n2c(C)nc3cc(C(=O)NCCN4CCOCC4)ccc32)c1. The molecule has 152 valence electrons. The monoisotopic (exact) mass is 392 g/mol. The smallest absolute Gasteiger partial charge is 0.251 e. The fourth-order valence-electron chi connectivity index (χ4n) is 4.00. The summed E-state index contributed by atoms with van der Waals surface area (Å²) in [6.45, 7) is 11.1. The van der Waals surface area contributed by atoms with Crippen molar-refractivity contribution < 1.29 is 9.53 Å². The summed E-state index contributed by atoms with van der Waals surface area (Å²) < 4.78 is 7.50. The summed E-state index contributed by atoms with van der Waals surface area (Å²) >= 11 is 0. The van der Waals surface area contributed by atoms with Crippen LogP contribution in [0.2, 0.25) is 0 Å². The van der Waals surface area contributed by atoms with Gasteiger partial charge in [-0.1, -0.05) is 6.07 Å². The summed E-state index contributed by atoms with van der Waals surface area (Å²) in [6.07, 6.45) is 0. The third-order valence-electron chi connectivity index (χ3n) is 5.37. The van der Waals surface area contributed by atoms with Gasteiger partial charge in [0.25, 0.3) is 5.91 Å². The van der Waals surface area contributed by atoms with Crippen LogP contribution in [0.5, 0.6) is 0 Å². The zero-order valence-electron chi connectivity index (χ0n) is 17.4. The second-order valence-corrected chi connectivity index (χ2v) is 7.75. The molecule has 6 heteroatoms. The lowest BCUT2D eigenvalue weighted by atomic mass is 10.1. The molecule has 2 aromatic carbocycles. The first-order valence-electron chi connectivity index (χ1n) is 10.2. The van der Waals surface area contributed by atoms with Gasteiger partial charge in [0.15, 0.2) is 0 Å². The molecule has 1 saturated heterocycles. The highest BCUT2D eigenvalue weighted by molar-refractivity contribution is 5.97. The zero-order chi connectivity index (χ0) is 20.4. The third-order valence-corrected chi connectivity index (χ3v) is 5.37. The second kappa shape index (κ2) is 8.35. The van der Waals surface area contributed by atoms with Gasteiger partial charge in [-0.25, -0.2) is 4.98 Å². The van der Waals surface area contributed by atoms with Crippen LogP contribution in [-0.4, -0.2) is 59.8 Å². The molecule has 2 heterocycles. The van der Waals surface area contributed by atoms with Gasteiger partial charge in [0.1, 0.15) is 5.82 Å². The molecule has 6 nitrogen and oxygen atoms in total. The number of nitrogens with zero attached hydrogens (tertiary/aromatic N) is 3. The molecule has 0 bridgehead atoms. The molecule has 1 N–H and O–H groups in total. The molecule has 29 heavy (non-hydrogen) atoms. The Morgan fingerprint density at radius 2 is 1.79 bits per heavy atom. The third kappa shape index (κ3) is 4.33. The number of fused-ring (bicyclic) bond motifs is 1. The van der Waals surface area contributed by atoms with E-state index in [4.69, 9.17) is 9.72 Å². The normalized spacial score (nSPS) is 15.0. The highest BCUT2D eigenvalue weighted by atomic mass is 16.5. The van der Waals surface area contributed by atoms with Gasteiger partial charge >= 0.3 is 0 Å². The summed E-state index contributed by atoms with van der Waals surface area (Å²) in [6, 6.07) is 12.2. The quantitative estimate of drug-likeness (QED) is 0.725. The number of morpholine rings is 1. The molecule has 0 saturated carbocycles. The van der Waals surface area contributed by atoms with Crippen LogP contribution < -0.4 is 5.32 Å². The highest BCUT2D eigenvalue weighted by Crippen LogP contribution is 2.24. The van der Waals surface area contributed by atoms with Crippen LogP contribution in [0.15, 0.2) is 36.4 Å². The molecular weight excluding hydrogens is 364 g/mol. The minimum absolute atomic E-state index is 0.0567. The molecule has 1 aliphatic rings. The van der Waals surface area contributed by atoms with Crippen LogP contribution in [-0.2, 0) is 4.74 Å². The second-order valence-electron chi connectivity index (χ2n) is 7.75. The standard InChI is InChI=1S/C23H28N4O2/c1-16-12-17(2)14-20(13-16)27-18(3)25-21-15-19(4-5-22(21)27)23(28)24-6-7-26-8-10-29-11-9-26/h4-5,12-15H,6-11H2,1-3H3,(H,24,28). The maximum absolute atomic E-state index is 12.6. The van der Waals surface area contributed by atoms with Crippen LogP contribution in [0.4, 0.5) is 0 Å². The van der Waals surface area contributed by atoms with Crippen molar-refractivity contribution in [3.05, 3.63) is 58.9 Å². The summed E-state index contributed by atoms with van der Waals surface area (Å²) in [7, 11) is 0. The van der Waals surface area contributed by atoms with Crippen LogP contribution >= 0.6 is 0 Å². The number of hydrogen-bond donors (Lipinski definition) is 1. The highest BCUT2D eigenvalue weighted by Gasteiger charge is 2.14. The number of aryl methyl sites for hydroxylation is 3. The van der Waals surface area contributed by atoms with Crippen molar-refractivity contribution in [3.63, 3.8) is 0 Å². The van der Waals surface area contributed by atoms with Crippen molar-refractivity contribution in [3.8, 4) is 5.69 Å². The summed E-state index contributed by atoms with van der Waals surface area (Å²) in [5.41, 5.74) is 6.03. The Kier molecular flexibility index (Phi) is 5.65. The van der Waals surface area contributed by atoms with Crippen LogP contribution in [0.25, 0.3) is 16.7 Å². The van der Waals surface area contributed by atoms with Crippen molar-refractivity contribution in [1.82, 2.24) is 19.8 Å². The van der Waals surface area contributed by atoms with E-state index in [-0.39, 0.29) is 5.91 Å². The van der Waals surface area contributed by atoms with Gasteiger partial charge in [0, 0.05) is 37.4 Å². The fourth-order valence-corrected chi connectivity index (χ4v) is 4.00. The van der Waals surface area contributed by atoms with Crippen molar-refractivity contribution >= 4 is 16.9 Å². The number of carbonyl (C=O) groups excluding carboxylic acids is 1. The number of ether oxygens (including phenoxy) is 1. The number of benzene rings is 2. The molecule has 1 amide bonds. The summed E-state index contributed by atoms with van der Waals surface area (Å²) in [5.74, 6) is 0.855. The largest absolute Gasteiger partial charge is 0.379 e. The lowest BCUT2D eigenvalue weighted by molar-refractivity contribution is 0.0383. The maximum Gasteiger partial charge on any atom is 0.251 e. The van der Waals surface area contributed by atoms with Crippen molar-refractivity contribution in [2.75, 3.05) is 39.4 Å². The average molecular weight is 393 g/mol. The molecule has 1 aromatic heterocycles. The number of carbonyl (C=O) groups is 1. The topological polar surface area (TPSA) is 59.4 Å². The first kappa shape index (κ1) is 19.6. The molecule has 0 atom stereocenters. The molecule has 3 aromatic rings. The minimum atomic E-state index is -0.0567. The Balaban J connectivity index is 1.51. The first-order valence-corrected chi connectivity index (χ1v) is 10.2. The molecule has 0 unspecified atom stereocenters. The molecule has 0 spiro atoms. The number of hydrogen-bond acceptors (Lipinski definition) is 4. The van der Waals surface area contributed by atoms with E-state index in [9.17, 15) is 4.79 Å². The van der Waals surface area contributed by atoms with Crippen LogP contribution in [0, 0.1) is 20.8 Å². The van der Waals surface area contributed by atoms with E-state index in [1.54, 1.807) is 0 Å². The predicted octanol–water partition coefficient (Wildman–Crippen LogP) is 3.01. The van der Waals surface area contributed by atoms with Gasteiger partial charge in [-0.05, 0) is 62.2 Å². The predicted molar refractivity (Wildman–Crippen MR) is 115 cm³/mol. The van der Waals surface area contributed by atoms with Gasteiger partial charge < -0.3 is 10.1 Å². The lowest BCUT2D eigenvalue weighted by Gasteiger charge is -2.26. The van der Waals surface area contributed by atoms with Crippen molar-refractivity contribution in [1.29, 1.82) is 0 Å². The number of imidazole rings is 1. The number of amides is 1. The lowest BCUT2D eigenvalue weighted by Crippen LogP contribution is -2.41. The Hall–Kier alpha value is -2.70. The van der Waals surface area contributed by atoms with E-state index in [0.29, 0.717) is 12.1 Å². The molecule has 1 fully saturated rings. The zero-order valence-corrected chi connectivity index (χ0v) is 17.4. The first-order chi connectivity index (χ1) is 14.0. The fraction of sp³-hybridized carbons (Fsp3) is 0.391. The number of aromatic nitrogens is 2. The molecule has 4 rings (SSSR count). The van der Waals surface area contributed by atoms with E-state index in [0.717, 1.165) is 55.4 Å². The van der Waals surface area contributed by atoms with E-state index < -0.39 is 0 Å². The number of nitrogens with one attached hydrogen (secondary N) is 1. The summed E-state index contributed by atoms with van der Waals surface area (Å²) in [4.78, 5) is 19.6. The molecule has 0 aliphatic carbocycles. The Morgan fingerprint density at radius 3 is 2.52 bits per heavy atom. The summed E-state index contributed by atoms with van der Waals surface area (Å²) in [5, 5.41) is 3.02.